The molecule has 2 aliphatic rings. The molecule has 5 heteroatoms. The van der Waals surface area contributed by atoms with Crippen molar-refractivity contribution in [1.82, 2.24) is 9.80 Å². The van der Waals surface area contributed by atoms with Crippen molar-refractivity contribution in [3.63, 3.8) is 0 Å². The van der Waals surface area contributed by atoms with Crippen LogP contribution in [0.25, 0.3) is 5.57 Å². The van der Waals surface area contributed by atoms with Crippen LogP contribution in [0.15, 0.2) is 65.6 Å². The summed E-state index contributed by atoms with van der Waals surface area (Å²) < 4.78 is 13.6. The fraction of sp³-hybridized carbons (Fsp3) is 0.345. The second-order valence-electron chi connectivity index (χ2n) is 9.45. The zero-order valence-electron chi connectivity index (χ0n) is 19.7. The number of rotatable bonds is 5. The number of piperidine rings is 1. The molecular weight excluding hydrogens is 443 g/mol. The Morgan fingerprint density at radius 3 is 2.35 bits per heavy atom. The van der Waals surface area contributed by atoms with Crippen molar-refractivity contribution in [3.05, 3.63) is 98.5 Å². The van der Waals surface area contributed by atoms with Gasteiger partial charge in [-0.2, -0.15) is 0 Å². The summed E-state index contributed by atoms with van der Waals surface area (Å²) in [6, 6.07) is 17.3. The molecule has 2 aromatic carbocycles. The summed E-state index contributed by atoms with van der Waals surface area (Å²) in [6.45, 7) is 6.70. The zero-order chi connectivity index (χ0) is 23.5. The first-order chi connectivity index (χ1) is 16.6. The molecule has 176 valence electrons. The number of halogens is 1. The van der Waals surface area contributed by atoms with Gasteiger partial charge in [0.05, 0.1) is 0 Å². The van der Waals surface area contributed by atoms with E-state index >= 15 is 0 Å². The first kappa shape index (κ1) is 23.0. The molecule has 0 bridgehead atoms. The van der Waals surface area contributed by atoms with Gasteiger partial charge in [-0.1, -0.05) is 29.8 Å². The minimum Gasteiger partial charge on any atom is -0.339 e. The van der Waals surface area contributed by atoms with Crippen molar-refractivity contribution in [2.45, 2.75) is 39.2 Å². The topological polar surface area (TPSA) is 23.6 Å². The van der Waals surface area contributed by atoms with Gasteiger partial charge in [-0.25, -0.2) is 4.39 Å². The monoisotopic (exact) mass is 474 g/mol. The summed E-state index contributed by atoms with van der Waals surface area (Å²) in [5.74, 6) is -0.0332. The van der Waals surface area contributed by atoms with Crippen molar-refractivity contribution in [3.8, 4) is 0 Å². The van der Waals surface area contributed by atoms with Gasteiger partial charge in [-0.15, -0.1) is 11.3 Å². The maximum atomic E-state index is 13.6. The lowest BCUT2D eigenvalue weighted by Gasteiger charge is -2.30. The van der Waals surface area contributed by atoms with Gasteiger partial charge >= 0.3 is 0 Å². The molecule has 34 heavy (non-hydrogen) atoms. The van der Waals surface area contributed by atoms with Crippen molar-refractivity contribution < 1.29 is 9.18 Å². The van der Waals surface area contributed by atoms with Gasteiger partial charge < -0.3 is 4.90 Å². The highest BCUT2D eigenvalue weighted by Crippen LogP contribution is 2.36. The molecule has 0 aliphatic carbocycles. The maximum absolute atomic E-state index is 13.6. The van der Waals surface area contributed by atoms with Gasteiger partial charge in [-0.3, -0.25) is 9.69 Å². The van der Waals surface area contributed by atoms with Crippen LogP contribution in [0.5, 0.6) is 0 Å². The quantitative estimate of drug-likeness (QED) is 0.420. The molecule has 1 amide bonds. The zero-order valence-corrected chi connectivity index (χ0v) is 20.5. The van der Waals surface area contributed by atoms with Crippen LogP contribution >= 0.6 is 11.3 Å². The average Bonchev–Trinajstić information content (AvgIpc) is 3.54. The standard InChI is InChI=1S/C29H31FN2OS/c1-21-17-27(34-20-21)28(23-7-9-26(30)10-8-23)24-11-15-31(16-12-24)19-22-5-4-6-25(18-22)29(33)32-13-2-3-14-32/h4-10,17-18,20H,2-3,11-16,19H2,1H3. The van der Waals surface area contributed by atoms with Crippen LogP contribution in [0.4, 0.5) is 4.39 Å². The molecule has 3 nitrogen and oxygen atoms in total. The van der Waals surface area contributed by atoms with E-state index in [0.717, 1.165) is 69.5 Å². The summed E-state index contributed by atoms with van der Waals surface area (Å²) in [5, 5.41) is 2.19. The third kappa shape index (κ3) is 5.16. The van der Waals surface area contributed by atoms with Gasteiger partial charge in [0.25, 0.3) is 5.91 Å². The van der Waals surface area contributed by atoms with E-state index < -0.39 is 0 Å². The number of hydrogen-bond donors (Lipinski definition) is 0. The van der Waals surface area contributed by atoms with Gasteiger partial charge in [0, 0.05) is 43.2 Å². The molecule has 0 N–H and O–H groups in total. The molecule has 5 rings (SSSR count). The van der Waals surface area contributed by atoms with Crippen molar-refractivity contribution in [1.29, 1.82) is 0 Å². The Balaban J connectivity index is 1.31. The largest absolute Gasteiger partial charge is 0.339 e. The molecule has 2 saturated heterocycles. The number of aryl methyl sites for hydroxylation is 1. The molecule has 1 aromatic heterocycles. The van der Waals surface area contributed by atoms with E-state index in [0.29, 0.717) is 0 Å². The van der Waals surface area contributed by atoms with E-state index in [4.69, 9.17) is 0 Å². The van der Waals surface area contributed by atoms with Gasteiger partial charge in [0.1, 0.15) is 5.82 Å². The Labute approximate surface area is 205 Å². The van der Waals surface area contributed by atoms with Gasteiger partial charge in [0.15, 0.2) is 0 Å². The average molecular weight is 475 g/mol. The van der Waals surface area contributed by atoms with Crippen LogP contribution in [0.2, 0.25) is 0 Å². The molecule has 0 atom stereocenters. The first-order valence-corrected chi connectivity index (χ1v) is 13.1. The van der Waals surface area contributed by atoms with Crippen LogP contribution in [-0.2, 0) is 6.54 Å². The number of carbonyl (C=O) groups excluding carboxylic acids is 1. The summed E-state index contributed by atoms with van der Waals surface area (Å²) in [6.07, 6.45) is 4.21. The Kier molecular flexibility index (Phi) is 6.93. The molecule has 2 aliphatic heterocycles. The van der Waals surface area contributed by atoms with Gasteiger partial charge in [-0.05, 0) is 90.6 Å². The number of thiophene rings is 1. The highest BCUT2D eigenvalue weighted by molar-refractivity contribution is 7.11. The van der Waals surface area contributed by atoms with Crippen LogP contribution in [0.3, 0.4) is 0 Å². The lowest BCUT2D eigenvalue weighted by Crippen LogP contribution is -2.31. The molecule has 0 unspecified atom stereocenters. The molecule has 0 radical (unpaired) electrons. The van der Waals surface area contributed by atoms with Crippen LogP contribution in [-0.4, -0.2) is 41.9 Å². The molecule has 0 spiro atoms. The normalized spacial score (nSPS) is 16.8. The van der Waals surface area contributed by atoms with Crippen molar-refractivity contribution in [2.24, 2.45) is 0 Å². The predicted octanol–water partition coefficient (Wildman–Crippen LogP) is 6.53. The fourth-order valence-corrected chi connectivity index (χ4v) is 6.11. The first-order valence-electron chi connectivity index (χ1n) is 12.2. The van der Waals surface area contributed by atoms with Crippen molar-refractivity contribution >= 4 is 22.8 Å². The highest BCUT2D eigenvalue weighted by Gasteiger charge is 2.22. The summed E-state index contributed by atoms with van der Waals surface area (Å²) in [5.41, 5.74) is 7.09. The lowest BCUT2D eigenvalue weighted by atomic mass is 9.91. The maximum Gasteiger partial charge on any atom is 0.253 e. The second-order valence-corrected chi connectivity index (χ2v) is 10.4. The predicted molar refractivity (Wildman–Crippen MR) is 138 cm³/mol. The van der Waals surface area contributed by atoms with Crippen LogP contribution in [0, 0.1) is 12.7 Å². The number of likely N-dealkylation sites (tertiary alicyclic amines) is 2. The Hall–Kier alpha value is -2.76. The van der Waals surface area contributed by atoms with E-state index in [-0.39, 0.29) is 11.7 Å². The second kappa shape index (κ2) is 10.2. The van der Waals surface area contributed by atoms with E-state index in [2.05, 4.69) is 35.4 Å². The summed E-state index contributed by atoms with van der Waals surface area (Å²) in [7, 11) is 0. The van der Waals surface area contributed by atoms with E-state index in [9.17, 15) is 9.18 Å². The molecular formula is C29H31FN2OS. The Morgan fingerprint density at radius 2 is 1.68 bits per heavy atom. The molecule has 0 saturated carbocycles. The summed E-state index contributed by atoms with van der Waals surface area (Å²) in [4.78, 5) is 18.5. The van der Waals surface area contributed by atoms with Crippen molar-refractivity contribution in [2.75, 3.05) is 26.2 Å². The highest BCUT2D eigenvalue weighted by atomic mass is 32.1. The van der Waals surface area contributed by atoms with E-state index in [1.165, 1.54) is 27.2 Å². The third-order valence-corrected chi connectivity index (χ3v) is 7.96. The number of hydrogen-bond acceptors (Lipinski definition) is 3. The van der Waals surface area contributed by atoms with Crippen LogP contribution < -0.4 is 0 Å². The number of carbonyl (C=O) groups is 1. The summed E-state index contributed by atoms with van der Waals surface area (Å²) >= 11 is 1.77. The number of nitrogens with zero attached hydrogens (tertiary/aromatic N) is 2. The van der Waals surface area contributed by atoms with E-state index in [1.54, 1.807) is 23.5 Å². The third-order valence-electron chi connectivity index (χ3n) is 6.90. The number of benzene rings is 2. The minimum absolute atomic E-state index is 0.165. The number of amides is 1. The smallest absolute Gasteiger partial charge is 0.253 e. The minimum atomic E-state index is -0.198. The molecule has 3 heterocycles. The fourth-order valence-electron chi connectivity index (χ4n) is 5.09. The van der Waals surface area contributed by atoms with Crippen LogP contribution in [0.1, 0.15) is 57.6 Å². The SMILES string of the molecule is Cc1csc(C(=C2CCN(Cc3cccc(C(=O)N4CCCC4)c3)CC2)c2ccc(F)cc2)c1. The molecule has 3 aromatic rings. The molecule has 2 fully saturated rings. The van der Waals surface area contributed by atoms with E-state index in [1.807, 2.05) is 29.2 Å². The Bertz CT molecular complexity index is 1180. The Morgan fingerprint density at radius 1 is 0.941 bits per heavy atom. The lowest BCUT2D eigenvalue weighted by molar-refractivity contribution is 0.0792. The van der Waals surface area contributed by atoms with Gasteiger partial charge in [0.2, 0.25) is 0 Å².